The van der Waals surface area contributed by atoms with Crippen molar-refractivity contribution >= 4 is 78.8 Å². The highest BCUT2D eigenvalue weighted by molar-refractivity contribution is 9.10. The van der Waals surface area contributed by atoms with Crippen LogP contribution in [0.1, 0.15) is 15.9 Å². The number of hydrogen-bond acceptors (Lipinski definition) is 4. The molecule has 0 aliphatic heterocycles. The minimum Gasteiger partial charge on any atom is -0.325 e. The molecule has 0 aliphatic rings. The van der Waals surface area contributed by atoms with Crippen molar-refractivity contribution in [3.63, 3.8) is 0 Å². The molecule has 3 amide bonds. The zero-order chi connectivity index (χ0) is 27.6. The molecular weight excluding hydrogens is 642 g/mol. The van der Waals surface area contributed by atoms with Crippen molar-refractivity contribution in [3.8, 4) is 0 Å². The summed E-state index contributed by atoms with van der Waals surface area (Å²) in [5.74, 6) is -0.809. The highest BCUT2D eigenvalue weighted by Gasteiger charge is 2.15. The van der Waals surface area contributed by atoms with Crippen molar-refractivity contribution in [2.24, 2.45) is 0 Å². The second-order valence-corrected chi connectivity index (χ2v) is 11.1. The van der Waals surface area contributed by atoms with Gasteiger partial charge in [0.2, 0.25) is 5.91 Å². The number of carbonyl (C=O) groups excluding carboxylic acids is 3. The highest BCUT2D eigenvalue weighted by Crippen LogP contribution is 2.23. The molecule has 0 spiro atoms. The minimum atomic E-state index is -0.477. The first-order chi connectivity index (χ1) is 18.9. The van der Waals surface area contributed by atoms with Crippen LogP contribution in [0.3, 0.4) is 0 Å². The molecule has 4 aromatic rings. The van der Waals surface area contributed by atoms with Crippen LogP contribution >= 0.6 is 43.6 Å². The van der Waals surface area contributed by atoms with Crippen molar-refractivity contribution in [1.82, 2.24) is 5.32 Å². The van der Waals surface area contributed by atoms with Gasteiger partial charge in [0, 0.05) is 30.8 Å². The predicted octanol–water partition coefficient (Wildman–Crippen LogP) is 7.35. The Hall–Kier alpha value is -3.66. The van der Waals surface area contributed by atoms with Gasteiger partial charge < -0.3 is 16.0 Å². The summed E-state index contributed by atoms with van der Waals surface area (Å²) in [4.78, 5) is 39.3. The molecular formula is C30H23Br2N3O3S. The largest absolute Gasteiger partial charge is 0.325 e. The van der Waals surface area contributed by atoms with E-state index >= 15 is 0 Å². The number of carbonyl (C=O) groups is 3. The maximum atomic E-state index is 13.3. The van der Waals surface area contributed by atoms with Gasteiger partial charge in [0.1, 0.15) is 5.70 Å². The van der Waals surface area contributed by atoms with Gasteiger partial charge in [-0.1, -0.05) is 68.3 Å². The van der Waals surface area contributed by atoms with E-state index in [1.54, 1.807) is 48.5 Å². The van der Waals surface area contributed by atoms with Gasteiger partial charge in [0.25, 0.3) is 11.8 Å². The SMILES string of the molecule is O=C(CSc1cccc(NC(=O)/C(=C\c2cccc(Br)c2)NC(=O)c2ccccc2)c1)Nc1ccc(Br)cc1. The molecule has 0 radical (unpaired) electrons. The normalized spacial score (nSPS) is 11.0. The minimum absolute atomic E-state index is 0.0916. The molecule has 196 valence electrons. The monoisotopic (exact) mass is 663 g/mol. The highest BCUT2D eigenvalue weighted by atomic mass is 79.9. The number of benzene rings is 4. The van der Waals surface area contributed by atoms with Gasteiger partial charge in [-0.15, -0.1) is 11.8 Å². The average Bonchev–Trinajstić information content (AvgIpc) is 2.93. The first-order valence-corrected chi connectivity index (χ1v) is 14.4. The van der Waals surface area contributed by atoms with Gasteiger partial charge in [-0.05, 0) is 78.4 Å². The molecule has 0 heterocycles. The van der Waals surface area contributed by atoms with E-state index in [0.29, 0.717) is 16.9 Å². The topological polar surface area (TPSA) is 87.3 Å². The summed E-state index contributed by atoms with van der Waals surface area (Å²) in [6, 6.07) is 30.6. The predicted molar refractivity (Wildman–Crippen MR) is 165 cm³/mol. The Morgan fingerprint density at radius 3 is 2.21 bits per heavy atom. The second-order valence-electron chi connectivity index (χ2n) is 8.26. The number of amides is 3. The Kier molecular flexibility index (Phi) is 10.1. The third kappa shape index (κ3) is 8.95. The van der Waals surface area contributed by atoms with E-state index in [1.807, 2.05) is 60.7 Å². The molecule has 0 atom stereocenters. The van der Waals surface area contributed by atoms with Crippen LogP contribution in [0.5, 0.6) is 0 Å². The Morgan fingerprint density at radius 1 is 0.718 bits per heavy atom. The number of thioether (sulfide) groups is 1. The Balaban J connectivity index is 1.45. The maximum Gasteiger partial charge on any atom is 0.272 e. The molecule has 3 N–H and O–H groups in total. The van der Waals surface area contributed by atoms with E-state index < -0.39 is 11.8 Å². The summed E-state index contributed by atoms with van der Waals surface area (Å²) < 4.78 is 1.78. The van der Waals surface area contributed by atoms with Gasteiger partial charge in [-0.3, -0.25) is 14.4 Å². The zero-order valence-corrected chi connectivity index (χ0v) is 24.5. The molecule has 4 rings (SSSR count). The Morgan fingerprint density at radius 2 is 1.46 bits per heavy atom. The van der Waals surface area contributed by atoms with E-state index in [2.05, 4.69) is 47.8 Å². The number of hydrogen-bond donors (Lipinski definition) is 3. The molecule has 0 aliphatic carbocycles. The Labute approximate surface area is 247 Å². The van der Waals surface area contributed by atoms with Crippen molar-refractivity contribution in [3.05, 3.63) is 129 Å². The van der Waals surface area contributed by atoms with Gasteiger partial charge in [-0.25, -0.2) is 0 Å². The zero-order valence-electron chi connectivity index (χ0n) is 20.5. The van der Waals surface area contributed by atoms with Crippen LogP contribution in [0.15, 0.2) is 123 Å². The number of nitrogens with one attached hydrogen (secondary N) is 3. The van der Waals surface area contributed by atoms with Crippen LogP contribution in [0.2, 0.25) is 0 Å². The summed E-state index contributed by atoms with van der Waals surface area (Å²) in [5.41, 5.74) is 2.52. The van der Waals surface area contributed by atoms with Crippen molar-refractivity contribution in [1.29, 1.82) is 0 Å². The molecule has 0 aromatic heterocycles. The quantitative estimate of drug-likeness (QED) is 0.129. The Bertz CT molecular complexity index is 1510. The third-order valence-corrected chi connectivity index (χ3v) is 7.29. The van der Waals surface area contributed by atoms with Crippen LogP contribution in [-0.2, 0) is 9.59 Å². The summed E-state index contributed by atoms with van der Waals surface area (Å²) >= 11 is 8.16. The lowest BCUT2D eigenvalue weighted by molar-refractivity contribution is -0.114. The van der Waals surface area contributed by atoms with Gasteiger partial charge in [0.15, 0.2) is 0 Å². The molecule has 4 aromatic carbocycles. The fourth-order valence-electron chi connectivity index (χ4n) is 3.45. The average molecular weight is 665 g/mol. The van der Waals surface area contributed by atoms with Crippen LogP contribution < -0.4 is 16.0 Å². The lowest BCUT2D eigenvalue weighted by Crippen LogP contribution is -2.30. The summed E-state index contributed by atoms with van der Waals surface area (Å²) in [6.07, 6.45) is 1.62. The van der Waals surface area contributed by atoms with E-state index in [-0.39, 0.29) is 17.4 Å². The molecule has 0 saturated heterocycles. The third-order valence-electron chi connectivity index (χ3n) is 5.28. The van der Waals surface area contributed by atoms with Gasteiger partial charge in [-0.2, -0.15) is 0 Å². The van der Waals surface area contributed by atoms with Crippen molar-refractivity contribution in [2.75, 3.05) is 16.4 Å². The van der Waals surface area contributed by atoms with Crippen LogP contribution in [0.25, 0.3) is 6.08 Å². The van der Waals surface area contributed by atoms with Crippen LogP contribution in [-0.4, -0.2) is 23.5 Å². The van der Waals surface area contributed by atoms with E-state index in [9.17, 15) is 14.4 Å². The molecule has 0 unspecified atom stereocenters. The first-order valence-electron chi connectivity index (χ1n) is 11.8. The molecule has 6 nitrogen and oxygen atoms in total. The fraction of sp³-hybridized carbons (Fsp3) is 0.0333. The van der Waals surface area contributed by atoms with Crippen LogP contribution in [0, 0.1) is 0 Å². The van der Waals surface area contributed by atoms with Gasteiger partial charge in [0.05, 0.1) is 5.75 Å². The van der Waals surface area contributed by atoms with Crippen LogP contribution in [0.4, 0.5) is 11.4 Å². The lowest BCUT2D eigenvalue weighted by atomic mass is 10.1. The van der Waals surface area contributed by atoms with Crippen molar-refractivity contribution in [2.45, 2.75) is 4.90 Å². The fourth-order valence-corrected chi connectivity index (χ4v) is 4.88. The summed E-state index contributed by atoms with van der Waals surface area (Å²) in [6.45, 7) is 0. The molecule has 0 bridgehead atoms. The molecule has 0 fully saturated rings. The molecule has 39 heavy (non-hydrogen) atoms. The van der Waals surface area contributed by atoms with E-state index in [4.69, 9.17) is 0 Å². The maximum absolute atomic E-state index is 13.3. The first kappa shape index (κ1) is 28.4. The van der Waals surface area contributed by atoms with E-state index in [0.717, 1.165) is 19.4 Å². The summed E-state index contributed by atoms with van der Waals surface area (Å²) in [7, 11) is 0. The lowest BCUT2D eigenvalue weighted by Gasteiger charge is -2.12. The number of anilines is 2. The number of halogens is 2. The number of rotatable bonds is 9. The smallest absolute Gasteiger partial charge is 0.272 e. The van der Waals surface area contributed by atoms with Gasteiger partial charge >= 0.3 is 0 Å². The molecule has 0 saturated carbocycles. The summed E-state index contributed by atoms with van der Waals surface area (Å²) in [5, 5.41) is 8.45. The standard InChI is InChI=1S/C30H23Br2N3O3S/c31-22-12-14-24(15-13-22)33-28(36)19-39-26-11-5-10-25(18-26)34-30(38)27(17-20-6-4-9-23(32)16-20)35-29(37)21-7-2-1-3-8-21/h1-18H,19H2,(H,33,36)(H,34,38)(H,35,37)/b27-17+. The molecule has 9 heteroatoms. The van der Waals surface area contributed by atoms with E-state index in [1.165, 1.54) is 11.8 Å². The van der Waals surface area contributed by atoms with Crippen molar-refractivity contribution < 1.29 is 14.4 Å². The second kappa shape index (κ2) is 13.9.